The summed E-state index contributed by atoms with van der Waals surface area (Å²) in [7, 11) is 0. The highest BCUT2D eigenvalue weighted by molar-refractivity contribution is 5.94. The second-order valence-corrected chi connectivity index (χ2v) is 6.27. The number of hydrogen-bond donors (Lipinski definition) is 2. The molecule has 1 atom stereocenters. The van der Waals surface area contributed by atoms with Gasteiger partial charge in [0.15, 0.2) is 5.78 Å². The van der Waals surface area contributed by atoms with E-state index < -0.39 is 6.10 Å². The highest BCUT2D eigenvalue weighted by Gasteiger charge is 2.12. The van der Waals surface area contributed by atoms with Crippen LogP contribution in [0.25, 0.3) is 0 Å². The Labute approximate surface area is 139 Å². The van der Waals surface area contributed by atoms with E-state index in [1.165, 1.54) is 6.92 Å². The first-order valence-corrected chi connectivity index (χ1v) is 8.09. The molecule has 0 saturated carbocycles. The minimum atomic E-state index is -0.594. The molecule has 1 unspecified atom stereocenters. The first kappa shape index (κ1) is 19.6. The minimum Gasteiger partial charge on any atom is -0.490 e. The largest absolute Gasteiger partial charge is 0.490 e. The van der Waals surface area contributed by atoms with Gasteiger partial charge >= 0.3 is 0 Å². The second kappa shape index (κ2) is 9.65. The lowest BCUT2D eigenvalue weighted by Crippen LogP contribution is -2.35. The van der Waals surface area contributed by atoms with E-state index in [0.29, 0.717) is 30.5 Å². The van der Waals surface area contributed by atoms with Crippen LogP contribution in [0.5, 0.6) is 5.75 Å². The molecule has 0 aliphatic heterocycles. The van der Waals surface area contributed by atoms with Gasteiger partial charge in [0.1, 0.15) is 18.5 Å². The van der Waals surface area contributed by atoms with Crippen LogP contribution in [0.1, 0.15) is 50.5 Å². The zero-order valence-electron chi connectivity index (χ0n) is 14.8. The first-order chi connectivity index (χ1) is 10.8. The Hall–Kier alpha value is -1.43. The lowest BCUT2D eigenvalue weighted by atomic mass is 10.1. The summed E-state index contributed by atoms with van der Waals surface area (Å²) in [6.07, 6.45) is -0.506. The summed E-state index contributed by atoms with van der Waals surface area (Å²) < 4.78 is 11.3. The molecule has 0 saturated heterocycles. The lowest BCUT2D eigenvalue weighted by Gasteiger charge is -2.18. The molecule has 23 heavy (non-hydrogen) atoms. The van der Waals surface area contributed by atoms with E-state index in [9.17, 15) is 9.90 Å². The fourth-order valence-electron chi connectivity index (χ4n) is 1.93. The van der Waals surface area contributed by atoms with E-state index >= 15 is 0 Å². The number of ether oxygens (including phenoxy) is 2. The number of aliphatic hydroxyl groups excluding tert-OH is 1. The van der Waals surface area contributed by atoms with E-state index in [1.807, 2.05) is 27.7 Å². The maximum absolute atomic E-state index is 11.5. The molecular weight excluding hydrogens is 294 g/mol. The van der Waals surface area contributed by atoms with Gasteiger partial charge in [-0.25, -0.2) is 0 Å². The van der Waals surface area contributed by atoms with Crippen molar-refractivity contribution in [1.29, 1.82) is 0 Å². The lowest BCUT2D eigenvalue weighted by molar-refractivity contribution is 0.0616. The van der Waals surface area contributed by atoms with Crippen LogP contribution in [0.4, 0.5) is 0 Å². The summed E-state index contributed by atoms with van der Waals surface area (Å²) in [5.41, 5.74) is 1.44. The number of ketones is 1. The highest BCUT2D eigenvalue weighted by atomic mass is 16.5. The average molecular weight is 323 g/mol. The molecule has 5 nitrogen and oxygen atoms in total. The fourth-order valence-corrected chi connectivity index (χ4v) is 1.93. The van der Waals surface area contributed by atoms with E-state index in [1.54, 1.807) is 18.2 Å². The van der Waals surface area contributed by atoms with Crippen molar-refractivity contribution in [2.24, 2.45) is 0 Å². The molecule has 1 aromatic carbocycles. The van der Waals surface area contributed by atoms with Gasteiger partial charge in [0.25, 0.3) is 0 Å². The van der Waals surface area contributed by atoms with Crippen molar-refractivity contribution in [3.63, 3.8) is 0 Å². The number of carbonyl (C=O) groups is 1. The Balaban J connectivity index is 2.73. The Morgan fingerprint density at radius 3 is 2.52 bits per heavy atom. The van der Waals surface area contributed by atoms with Crippen LogP contribution in [-0.2, 0) is 11.3 Å². The summed E-state index contributed by atoms with van der Waals surface area (Å²) in [6, 6.07) is 5.60. The zero-order chi connectivity index (χ0) is 17.4. The Morgan fingerprint density at radius 2 is 1.96 bits per heavy atom. The number of carbonyl (C=O) groups excluding carboxylic acids is 1. The van der Waals surface area contributed by atoms with Gasteiger partial charge in [0.05, 0.1) is 12.7 Å². The monoisotopic (exact) mass is 323 g/mol. The predicted octanol–water partition coefficient (Wildman–Crippen LogP) is 2.55. The standard InChI is InChI=1S/C18H29NO4/c1-12(2)19-9-17(21)11-23-18-7-6-15(14(5)20)8-16(18)10-22-13(3)4/h6-8,12-13,17,19,21H,9-11H2,1-5H3. The van der Waals surface area contributed by atoms with Gasteiger partial charge < -0.3 is 19.9 Å². The van der Waals surface area contributed by atoms with Crippen molar-refractivity contribution < 1.29 is 19.4 Å². The van der Waals surface area contributed by atoms with Crippen LogP contribution in [0.15, 0.2) is 18.2 Å². The fraction of sp³-hybridized carbons (Fsp3) is 0.611. The molecule has 2 N–H and O–H groups in total. The first-order valence-electron chi connectivity index (χ1n) is 8.09. The van der Waals surface area contributed by atoms with Crippen LogP contribution in [0.2, 0.25) is 0 Å². The molecule has 0 aliphatic carbocycles. The summed E-state index contributed by atoms with van der Waals surface area (Å²) >= 11 is 0. The number of nitrogens with one attached hydrogen (secondary N) is 1. The quantitative estimate of drug-likeness (QED) is 0.648. The molecule has 0 amide bonds. The normalized spacial score (nSPS) is 12.7. The third kappa shape index (κ3) is 7.59. The van der Waals surface area contributed by atoms with Gasteiger partial charge in [0, 0.05) is 23.7 Å². The molecule has 0 spiro atoms. The second-order valence-electron chi connectivity index (χ2n) is 6.27. The maximum Gasteiger partial charge on any atom is 0.159 e. The van der Waals surface area contributed by atoms with E-state index in [2.05, 4.69) is 5.32 Å². The molecule has 130 valence electrons. The molecule has 1 rings (SSSR count). The number of aliphatic hydroxyl groups is 1. The predicted molar refractivity (Wildman–Crippen MR) is 91.0 cm³/mol. The van der Waals surface area contributed by atoms with Crippen LogP contribution in [-0.4, -0.2) is 42.3 Å². The molecular formula is C18H29NO4. The van der Waals surface area contributed by atoms with Gasteiger partial charge in [-0.05, 0) is 39.0 Å². The van der Waals surface area contributed by atoms with Crippen molar-refractivity contribution in [3.05, 3.63) is 29.3 Å². The van der Waals surface area contributed by atoms with Crippen molar-refractivity contribution >= 4 is 5.78 Å². The average Bonchev–Trinajstić information content (AvgIpc) is 2.48. The molecule has 0 aliphatic rings. The summed E-state index contributed by atoms with van der Waals surface area (Å²) in [5.74, 6) is 0.641. The maximum atomic E-state index is 11.5. The van der Waals surface area contributed by atoms with E-state index in [4.69, 9.17) is 9.47 Å². The van der Waals surface area contributed by atoms with Crippen molar-refractivity contribution in [2.75, 3.05) is 13.2 Å². The third-order valence-corrected chi connectivity index (χ3v) is 3.23. The molecule has 0 bridgehead atoms. The molecule has 0 radical (unpaired) electrons. The Bertz CT molecular complexity index is 500. The van der Waals surface area contributed by atoms with Crippen LogP contribution >= 0.6 is 0 Å². The van der Waals surface area contributed by atoms with Gasteiger partial charge in [-0.15, -0.1) is 0 Å². The zero-order valence-corrected chi connectivity index (χ0v) is 14.8. The number of hydrogen-bond acceptors (Lipinski definition) is 5. The number of benzene rings is 1. The smallest absolute Gasteiger partial charge is 0.159 e. The SMILES string of the molecule is CC(=O)c1ccc(OCC(O)CNC(C)C)c(COC(C)C)c1. The Kier molecular flexibility index (Phi) is 8.23. The van der Waals surface area contributed by atoms with Gasteiger partial charge in [-0.2, -0.15) is 0 Å². The van der Waals surface area contributed by atoms with Gasteiger partial charge in [-0.1, -0.05) is 13.8 Å². The topological polar surface area (TPSA) is 67.8 Å². The number of rotatable bonds is 10. The molecule has 0 fully saturated rings. The molecule has 1 aromatic rings. The van der Waals surface area contributed by atoms with Crippen LogP contribution in [0, 0.1) is 0 Å². The number of Topliss-reactive ketones (excluding diaryl/α,β-unsaturated/α-hetero) is 1. The van der Waals surface area contributed by atoms with Crippen molar-refractivity contribution in [1.82, 2.24) is 5.32 Å². The summed E-state index contributed by atoms with van der Waals surface area (Å²) in [6.45, 7) is 10.5. The molecule has 0 aromatic heterocycles. The Morgan fingerprint density at radius 1 is 1.26 bits per heavy atom. The summed E-state index contributed by atoms with van der Waals surface area (Å²) in [4.78, 5) is 11.5. The van der Waals surface area contributed by atoms with E-state index in [0.717, 1.165) is 5.56 Å². The highest BCUT2D eigenvalue weighted by Crippen LogP contribution is 2.22. The van der Waals surface area contributed by atoms with Gasteiger partial charge in [-0.3, -0.25) is 4.79 Å². The van der Waals surface area contributed by atoms with Crippen molar-refractivity contribution in [3.8, 4) is 5.75 Å². The molecule has 5 heteroatoms. The van der Waals surface area contributed by atoms with Crippen LogP contribution < -0.4 is 10.1 Å². The third-order valence-electron chi connectivity index (χ3n) is 3.23. The van der Waals surface area contributed by atoms with Crippen LogP contribution in [0.3, 0.4) is 0 Å². The molecule has 0 heterocycles. The summed E-state index contributed by atoms with van der Waals surface area (Å²) in [5, 5.41) is 13.1. The van der Waals surface area contributed by atoms with E-state index in [-0.39, 0.29) is 18.5 Å². The minimum absolute atomic E-state index is 0.00325. The van der Waals surface area contributed by atoms with Gasteiger partial charge in [0.2, 0.25) is 0 Å². The van der Waals surface area contributed by atoms with Crippen molar-refractivity contribution in [2.45, 2.75) is 59.5 Å².